The van der Waals surface area contributed by atoms with Crippen molar-refractivity contribution in [2.24, 2.45) is 0 Å². The van der Waals surface area contributed by atoms with Crippen molar-refractivity contribution in [2.45, 2.75) is 26.7 Å². The average molecular weight is 166 g/mol. The lowest BCUT2D eigenvalue weighted by molar-refractivity contribution is 0.109. The van der Waals surface area contributed by atoms with Crippen molar-refractivity contribution in [3.8, 4) is 0 Å². The standard InChI is InChI=1S/C8H10N2O2/c1-2-10-8(3-11)6-4-12-5-7(6)9-10/h3H,2,4-5H2,1H3. The molecule has 64 valence electrons. The van der Waals surface area contributed by atoms with Gasteiger partial charge < -0.3 is 4.74 Å². The third-order valence-corrected chi connectivity index (χ3v) is 2.07. The van der Waals surface area contributed by atoms with Gasteiger partial charge >= 0.3 is 0 Å². The van der Waals surface area contributed by atoms with Crippen molar-refractivity contribution in [2.75, 3.05) is 0 Å². The third-order valence-electron chi connectivity index (χ3n) is 2.07. The second-order valence-corrected chi connectivity index (χ2v) is 2.74. The van der Waals surface area contributed by atoms with Crippen LogP contribution in [0.2, 0.25) is 0 Å². The molecule has 0 bridgehead atoms. The molecule has 0 atom stereocenters. The predicted molar refractivity (Wildman–Crippen MR) is 41.8 cm³/mol. The van der Waals surface area contributed by atoms with E-state index in [4.69, 9.17) is 4.74 Å². The molecule has 4 heteroatoms. The summed E-state index contributed by atoms with van der Waals surface area (Å²) in [4.78, 5) is 10.7. The van der Waals surface area contributed by atoms with Crippen LogP contribution in [0.5, 0.6) is 0 Å². The van der Waals surface area contributed by atoms with Crippen molar-refractivity contribution in [1.82, 2.24) is 9.78 Å². The second kappa shape index (κ2) is 2.71. The molecular formula is C8H10N2O2. The summed E-state index contributed by atoms with van der Waals surface area (Å²) in [5, 5.41) is 4.24. The fourth-order valence-electron chi connectivity index (χ4n) is 1.46. The van der Waals surface area contributed by atoms with E-state index in [0.717, 1.165) is 24.1 Å². The Morgan fingerprint density at radius 2 is 2.50 bits per heavy atom. The number of hydrogen-bond donors (Lipinski definition) is 0. The number of aldehydes is 1. The van der Waals surface area contributed by atoms with E-state index >= 15 is 0 Å². The zero-order valence-electron chi connectivity index (χ0n) is 6.91. The van der Waals surface area contributed by atoms with Crippen LogP contribution in [-0.2, 0) is 24.5 Å². The van der Waals surface area contributed by atoms with Crippen LogP contribution in [0.15, 0.2) is 0 Å². The highest BCUT2D eigenvalue weighted by Gasteiger charge is 2.21. The number of carbonyl (C=O) groups excluding carboxylic acids is 1. The normalized spacial score (nSPS) is 14.8. The van der Waals surface area contributed by atoms with Crippen molar-refractivity contribution in [1.29, 1.82) is 0 Å². The highest BCUT2D eigenvalue weighted by Crippen LogP contribution is 2.21. The lowest BCUT2D eigenvalue weighted by atomic mass is 10.2. The van der Waals surface area contributed by atoms with E-state index in [9.17, 15) is 4.79 Å². The van der Waals surface area contributed by atoms with Crippen molar-refractivity contribution >= 4 is 6.29 Å². The van der Waals surface area contributed by atoms with Gasteiger partial charge in [-0.2, -0.15) is 5.10 Å². The molecule has 0 N–H and O–H groups in total. The highest BCUT2D eigenvalue weighted by molar-refractivity contribution is 5.75. The van der Waals surface area contributed by atoms with Gasteiger partial charge in [0.15, 0.2) is 6.29 Å². The number of hydrogen-bond acceptors (Lipinski definition) is 3. The van der Waals surface area contributed by atoms with Gasteiger partial charge in [0.05, 0.1) is 18.9 Å². The summed E-state index contributed by atoms with van der Waals surface area (Å²) < 4.78 is 6.88. The maximum atomic E-state index is 10.7. The van der Waals surface area contributed by atoms with E-state index in [-0.39, 0.29) is 0 Å². The van der Waals surface area contributed by atoms with Crippen LogP contribution >= 0.6 is 0 Å². The molecular weight excluding hydrogens is 156 g/mol. The first kappa shape index (κ1) is 7.49. The summed E-state index contributed by atoms with van der Waals surface area (Å²) in [5.41, 5.74) is 2.55. The minimum absolute atomic E-state index is 0.531. The fourth-order valence-corrected chi connectivity index (χ4v) is 1.46. The summed E-state index contributed by atoms with van der Waals surface area (Å²) >= 11 is 0. The van der Waals surface area contributed by atoms with Crippen LogP contribution in [0.1, 0.15) is 28.7 Å². The van der Waals surface area contributed by atoms with Gasteiger partial charge in [0.2, 0.25) is 0 Å². The van der Waals surface area contributed by atoms with E-state index < -0.39 is 0 Å². The van der Waals surface area contributed by atoms with Gasteiger partial charge in [-0.3, -0.25) is 9.48 Å². The average Bonchev–Trinajstić information content (AvgIpc) is 2.61. The molecule has 0 aromatic carbocycles. The molecule has 12 heavy (non-hydrogen) atoms. The van der Waals surface area contributed by atoms with Crippen LogP contribution < -0.4 is 0 Å². The molecule has 2 rings (SSSR count). The zero-order valence-corrected chi connectivity index (χ0v) is 6.91. The molecule has 1 aliphatic heterocycles. The number of carbonyl (C=O) groups is 1. The molecule has 0 saturated heterocycles. The van der Waals surface area contributed by atoms with Gasteiger partial charge in [0, 0.05) is 12.1 Å². The topological polar surface area (TPSA) is 44.1 Å². The first-order valence-corrected chi connectivity index (χ1v) is 3.98. The number of fused-ring (bicyclic) bond motifs is 1. The number of aryl methyl sites for hydroxylation is 1. The van der Waals surface area contributed by atoms with Gasteiger partial charge in [0.25, 0.3) is 0 Å². The minimum Gasteiger partial charge on any atom is -0.370 e. The molecule has 1 aliphatic rings. The summed E-state index contributed by atoms with van der Waals surface area (Å²) in [6.07, 6.45) is 0.851. The van der Waals surface area contributed by atoms with E-state index in [2.05, 4.69) is 5.10 Å². The van der Waals surface area contributed by atoms with E-state index in [1.807, 2.05) is 6.92 Å². The number of rotatable bonds is 2. The molecule has 2 heterocycles. The van der Waals surface area contributed by atoms with E-state index in [1.165, 1.54) is 0 Å². The quantitative estimate of drug-likeness (QED) is 0.609. The summed E-state index contributed by atoms with van der Waals surface area (Å²) in [5.74, 6) is 0. The lowest BCUT2D eigenvalue weighted by Gasteiger charge is -1.99. The predicted octanol–water partition coefficient (Wildman–Crippen LogP) is 0.746. The third kappa shape index (κ3) is 0.881. The van der Waals surface area contributed by atoms with Gasteiger partial charge in [0.1, 0.15) is 5.69 Å². The van der Waals surface area contributed by atoms with Crippen LogP contribution in [0.25, 0.3) is 0 Å². The fraction of sp³-hybridized carbons (Fsp3) is 0.500. The molecule has 0 spiro atoms. The second-order valence-electron chi connectivity index (χ2n) is 2.74. The Morgan fingerprint density at radius 3 is 3.17 bits per heavy atom. The van der Waals surface area contributed by atoms with Gasteiger partial charge in [-0.1, -0.05) is 0 Å². The maximum Gasteiger partial charge on any atom is 0.168 e. The maximum absolute atomic E-state index is 10.7. The summed E-state index contributed by atoms with van der Waals surface area (Å²) in [7, 11) is 0. The number of aromatic nitrogens is 2. The Bertz CT molecular complexity index is 317. The van der Waals surface area contributed by atoms with Gasteiger partial charge in [-0.25, -0.2) is 0 Å². The van der Waals surface area contributed by atoms with Gasteiger partial charge in [-0.05, 0) is 6.92 Å². The van der Waals surface area contributed by atoms with Crippen LogP contribution in [0, 0.1) is 0 Å². The Balaban J connectivity index is 2.53. The highest BCUT2D eigenvalue weighted by atomic mass is 16.5. The molecule has 0 amide bonds. The molecule has 4 nitrogen and oxygen atoms in total. The monoisotopic (exact) mass is 166 g/mol. The zero-order chi connectivity index (χ0) is 8.55. The molecule has 1 aromatic heterocycles. The first-order valence-electron chi connectivity index (χ1n) is 3.98. The summed E-state index contributed by atoms with van der Waals surface area (Å²) in [6.45, 7) is 3.78. The molecule has 1 aromatic rings. The SMILES string of the molecule is CCn1nc2c(c1C=O)COC2. The van der Waals surface area contributed by atoms with Crippen LogP contribution in [-0.4, -0.2) is 16.1 Å². The van der Waals surface area contributed by atoms with E-state index in [0.29, 0.717) is 18.9 Å². The van der Waals surface area contributed by atoms with E-state index in [1.54, 1.807) is 4.68 Å². The van der Waals surface area contributed by atoms with Crippen molar-refractivity contribution in [3.05, 3.63) is 17.0 Å². The Labute approximate surface area is 70.1 Å². The summed E-state index contributed by atoms with van der Waals surface area (Å²) in [6, 6.07) is 0. The Kier molecular flexibility index (Phi) is 1.69. The molecule has 0 fully saturated rings. The van der Waals surface area contributed by atoms with Crippen molar-refractivity contribution < 1.29 is 9.53 Å². The van der Waals surface area contributed by atoms with Gasteiger partial charge in [-0.15, -0.1) is 0 Å². The number of nitrogens with zero attached hydrogens (tertiary/aromatic N) is 2. The molecule has 0 saturated carbocycles. The Morgan fingerprint density at radius 1 is 1.67 bits per heavy atom. The van der Waals surface area contributed by atoms with Crippen LogP contribution in [0.4, 0.5) is 0 Å². The first-order chi connectivity index (χ1) is 5.86. The van der Waals surface area contributed by atoms with Crippen molar-refractivity contribution in [3.63, 3.8) is 0 Å². The lowest BCUT2D eigenvalue weighted by Crippen LogP contribution is -2.03. The molecule has 0 aliphatic carbocycles. The molecule has 0 radical (unpaired) electrons. The molecule has 0 unspecified atom stereocenters. The van der Waals surface area contributed by atoms with Crippen LogP contribution in [0.3, 0.4) is 0 Å². The largest absolute Gasteiger partial charge is 0.370 e. The number of ether oxygens (including phenoxy) is 1. The smallest absolute Gasteiger partial charge is 0.168 e. The minimum atomic E-state index is 0.531. The Hall–Kier alpha value is -1.16.